The highest BCUT2D eigenvalue weighted by molar-refractivity contribution is 5.74. The van der Waals surface area contributed by atoms with E-state index in [1.807, 2.05) is 6.92 Å². The van der Waals surface area contributed by atoms with Crippen LogP contribution < -0.4 is 0 Å². The molecule has 1 saturated carbocycles. The third-order valence-electron chi connectivity index (χ3n) is 3.61. The van der Waals surface area contributed by atoms with Crippen LogP contribution in [0.2, 0.25) is 0 Å². The fraction of sp³-hybridized carbons (Fsp3) is 0.909. The molecule has 4 nitrogen and oxygen atoms in total. The first kappa shape index (κ1) is 10.9. The SMILES string of the molecule is CC1OCCN(C(C)C2CC2)C1C(=O)O. The molecule has 0 aromatic rings. The molecule has 2 fully saturated rings. The molecule has 0 aromatic heterocycles. The predicted octanol–water partition coefficient (Wildman–Crippen LogP) is 0.959. The molecule has 2 rings (SSSR count). The van der Waals surface area contributed by atoms with Gasteiger partial charge in [0.05, 0.1) is 12.7 Å². The van der Waals surface area contributed by atoms with Crippen LogP contribution in [0.15, 0.2) is 0 Å². The Morgan fingerprint density at radius 3 is 2.73 bits per heavy atom. The highest BCUT2D eigenvalue weighted by Crippen LogP contribution is 2.36. The lowest BCUT2D eigenvalue weighted by atomic mass is 10.0. The molecule has 0 radical (unpaired) electrons. The Kier molecular flexibility index (Phi) is 2.98. The number of carbonyl (C=O) groups is 1. The van der Waals surface area contributed by atoms with Gasteiger partial charge in [-0.3, -0.25) is 9.69 Å². The lowest BCUT2D eigenvalue weighted by Crippen LogP contribution is -2.57. The molecular weight excluding hydrogens is 194 g/mol. The second-order valence-electron chi connectivity index (χ2n) is 4.67. The van der Waals surface area contributed by atoms with Crippen LogP contribution in [0.25, 0.3) is 0 Å². The molecule has 0 spiro atoms. The Balaban J connectivity index is 2.08. The summed E-state index contributed by atoms with van der Waals surface area (Å²) in [6, 6.07) is -0.0770. The lowest BCUT2D eigenvalue weighted by molar-refractivity contribution is -0.158. The molecule has 1 N–H and O–H groups in total. The van der Waals surface area contributed by atoms with Gasteiger partial charge in [0.1, 0.15) is 6.04 Å². The molecule has 15 heavy (non-hydrogen) atoms. The Bertz CT molecular complexity index is 252. The van der Waals surface area contributed by atoms with Crippen molar-refractivity contribution in [3.63, 3.8) is 0 Å². The average Bonchev–Trinajstić information content (AvgIpc) is 2.98. The topological polar surface area (TPSA) is 49.8 Å². The highest BCUT2D eigenvalue weighted by atomic mass is 16.5. The molecule has 1 aliphatic carbocycles. The minimum absolute atomic E-state index is 0.197. The molecule has 1 heterocycles. The summed E-state index contributed by atoms with van der Waals surface area (Å²) in [6.07, 6.45) is 2.30. The van der Waals surface area contributed by atoms with Gasteiger partial charge in [0.25, 0.3) is 0 Å². The summed E-state index contributed by atoms with van der Waals surface area (Å²) in [5.74, 6) is -0.0492. The molecule has 0 amide bonds. The van der Waals surface area contributed by atoms with Gasteiger partial charge in [-0.25, -0.2) is 0 Å². The van der Waals surface area contributed by atoms with Crippen molar-refractivity contribution in [2.75, 3.05) is 13.2 Å². The van der Waals surface area contributed by atoms with Crippen LogP contribution in [-0.4, -0.2) is 47.3 Å². The van der Waals surface area contributed by atoms with Gasteiger partial charge in [0.2, 0.25) is 0 Å². The van der Waals surface area contributed by atoms with Gasteiger partial charge in [-0.1, -0.05) is 0 Å². The number of hydrogen-bond acceptors (Lipinski definition) is 3. The summed E-state index contributed by atoms with van der Waals surface area (Å²) in [5, 5.41) is 9.21. The van der Waals surface area contributed by atoms with Crippen LogP contribution in [0.1, 0.15) is 26.7 Å². The molecular formula is C11H19NO3. The highest BCUT2D eigenvalue weighted by Gasteiger charge is 2.42. The molecule has 2 aliphatic rings. The van der Waals surface area contributed by atoms with Crippen molar-refractivity contribution >= 4 is 5.97 Å². The van der Waals surface area contributed by atoms with E-state index < -0.39 is 12.0 Å². The average molecular weight is 213 g/mol. The van der Waals surface area contributed by atoms with E-state index in [-0.39, 0.29) is 6.10 Å². The van der Waals surface area contributed by atoms with Crippen LogP contribution in [0.4, 0.5) is 0 Å². The van der Waals surface area contributed by atoms with Crippen molar-refractivity contribution < 1.29 is 14.6 Å². The summed E-state index contributed by atoms with van der Waals surface area (Å²) in [5.41, 5.74) is 0. The second-order valence-corrected chi connectivity index (χ2v) is 4.67. The van der Waals surface area contributed by atoms with Crippen molar-refractivity contribution in [1.29, 1.82) is 0 Å². The normalized spacial score (nSPS) is 35.1. The number of ether oxygens (including phenoxy) is 1. The van der Waals surface area contributed by atoms with Crippen molar-refractivity contribution in [3.05, 3.63) is 0 Å². The Hall–Kier alpha value is -0.610. The second kappa shape index (κ2) is 4.10. The fourth-order valence-corrected chi connectivity index (χ4v) is 2.49. The molecule has 3 atom stereocenters. The lowest BCUT2D eigenvalue weighted by Gasteiger charge is -2.41. The van der Waals surface area contributed by atoms with Crippen molar-refractivity contribution in [1.82, 2.24) is 4.90 Å². The van der Waals surface area contributed by atoms with Gasteiger partial charge in [-0.2, -0.15) is 0 Å². The number of rotatable bonds is 3. The summed E-state index contributed by atoms with van der Waals surface area (Å²) >= 11 is 0. The standard InChI is InChI=1S/C11H19NO3/c1-7(9-3-4-9)12-5-6-15-8(2)10(12)11(13)14/h7-10H,3-6H2,1-2H3,(H,13,14). The van der Waals surface area contributed by atoms with E-state index in [4.69, 9.17) is 4.74 Å². The van der Waals surface area contributed by atoms with Crippen molar-refractivity contribution in [2.24, 2.45) is 5.92 Å². The molecule has 0 aromatic carbocycles. The van der Waals surface area contributed by atoms with Gasteiger partial charge < -0.3 is 9.84 Å². The number of aliphatic carboxylic acids is 1. The maximum Gasteiger partial charge on any atom is 0.323 e. The molecule has 4 heteroatoms. The third kappa shape index (κ3) is 2.16. The van der Waals surface area contributed by atoms with E-state index in [1.165, 1.54) is 12.8 Å². The Morgan fingerprint density at radius 1 is 1.53 bits per heavy atom. The van der Waals surface area contributed by atoms with Gasteiger partial charge in [0.15, 0.2) is 0 Å². The number of carboxylic acids is 1. The first-order valence-electron chi connectivity index (χ1n) is 5.71. The van der Waals surface area contributed by atoms with Gasteiger partial charge >= 0.3 is 5.97 Å². The molecule has 3 unspecified atom stereocenters. The summed E-state index contributed by atoms with van der Waals surface area (Å²) in [4.78, 5) is 13.3. The molecule has 86 valence electrons. The number of nitrogens with zero attached hydrogens (tertiary/aromatic N) is 1. The monoisotopic (exact) mass is 213 g/mol. The number of morpholine rings is 1. The maximum absolute atomic E-state index is 11.2. The van der Waals surface area contributed by atoms with E-state index in [0.717, 1.165) is 6.54 Å². The Labute approximate surface area is 90.2 Å². The first-order chi connectivity index (χ1) is 7.11. The zero-order chi connectivity index (χ0) is 11.0. The minimum atomic E-state index is -0.755. The summed E-state index contributed by atoms with van der Waals surface area (Å²) in [7, 11) is 0. The van der Waals surface area contributed by atoms with E-state index >= 15 is 0 Å². The predicted molar refractivity (Wildman–Crippen MR) is 55.7 cm³/mol. The summed E-state index contributed by atoms with van der Waals surface area (Å²) in [6.45, 7) is 5.40. The maximum atomic E-state index is 11.2. The largest absolute Gasteiger partial charge is 0.480 e. The van der Waals surface area contributed by atoms with Gasteiger partial charge in [-0.15, -0.1) is 0 Å². The van der Waals surface area contributed by atoms with Gasteiger partial charge in [0, 0.05) is 12.6 Å². The fourth-order valence-electron chi connectivity index (χ4n) is 2.49. The van der Waals surface area contributed by atoms with Crippen molar-refractivity contribution in [2.45, 2.75) is 44.9 Å². The van der Waals surface area contributed by atoms with Crippen LogP contribution in [0.5, 0.6) is 0 Å². The minimum Gasteiger partial charge on any atom is -0.480 e. The zero-order valence-electron chi connectivity index (χ0n) is 9.35. The van der Waals surface area contributed by atoms with Crippen LogP contribution in [0.3, 0.4) is 0 Å². The zero-order valence-corrected chi connectivity index (χ0v) is 9.35. The first-order valence-corrected chi connectivity index (χ1v) is 5.71. The summed E-state index contributed by atoms with van der Waals surface area (Å²) < 4.78 is 5.41. The number of carboxylic acid groups (broad SMARTS) is 1. The Morgan fingerprint density at radius 2 is 2.20 bits per heavy atom. The van der Waals surface area contributed by atoms with E-state index in [2.05, 4.69) is 11.8 Å². The van der Waals surface area contributed by atoms with Crippen LogP contribution >= 0.6 is 0 Å². The van der Waals surface area contributed by atoms with Gasteiger partial charge in [-0.05, 0) is 32.6 Å². The molecule has 0 bridgehead atoms. The van der Waals surface area contributed by atoms with Crippen molar-refractivity contribution in [3.8, 4) is 0 Å². The van der Waals surface area contributed by atoms with E-state index in [1.54, 1.807) is 0 Å². The van der Waals surface area contributed by atoms with E-state index in [9.17, 15) is 9.90 Å². The quantitative estimate of drug-likeness (QED) is 0.758. The van der Waals surface area contributed by atoms with Crippen LogP contribution in [0, 0.1) is 5.92 Å². The molecule has 1 saturated heterocycles. The smallest absolute Gasteiger partial charge is 0.323 e. The molecule has 1 aliphatic heterocycles. The number of hydrogen-bond donors (Lipinski definition) is 1. The third-order valence-corrected chi connectivity index (χ3v) is 3.61. The van der Waals surface area contributed by atoms with E-state index in [0.29, 0.717) is 18.6 Å². The van der Waals surface area contributed by atoms with Crippen LogP contribution in [-0.2, 0) is 9.53 Å².